The zero-order valence-electron chi connectivity index (χ0n) is 15.7. The van der Waals surface area contributed by atoms with Crippen LogP contribution in [0.3, 0.4) is 0 Å². The summed E-state index contributed by atoms with van der Waals surface area (Å²) in [5, 5.41) is 10.6. The highest BCUT2D eigenvalue weighted by Crippen LogP contribution is 2.27. The van der Waals surface area contributed by atoms with E-state index in [2.05, 4.69) is 45.8 Å². The molecule has 6 heteroatoms. The van der Waals surface area contributed by atoms with E-state index in [4.69, 9.17) is 0 Å². The van der Waals surface area contributed by atoms with E-state index in [1.165, 1.54) is 28.4 Å². The standard InChI is InChI=1S/C19H32N4OS/c1-16(2)5-9-22-11-10-21(14-17(22)6-12-24)15-18-13-20-19(25-18)23-7-3-4-8-23/h5,13,17,24H,3-4,6-12,14-15H2,1-2H3/t17-/m0/s1. The molecule has 1 N–H and O–H groups in total. The second-order valence-corrected chi connectivity index (χ2v) is 8.57. The molecule has 2 aliphatic heterocycles. The fraction of sp³-hybridized carbons (Fsp3) is 0.737. The van der Waals surface area contributed by atoms with Crippen LogP contribution >= 0.6 is 11.3 Å². The maximum atomic E-state index is 9.44. The summed E-state index contributed by atoms with van der Waals surface area (Å²) in [4.78, 5) is 13.5. The fourth-order valence-electron chi connectivity index (χ4n) is 3.71. The lowest BCUT2D eigenvalue weighted by molar-refractivity contribution is 0.0642. The van der Waals surface area contributed by atoms with Gasteiger partial charge in [0.15, 0.2) is 5.13 Å². The van der Waals surface area contributed by atoms with Crippen LogP contribution in [0.5, 0.6) is 0 Å². The minimum atomic E-state index is 0.267. The number of aromatic nitrogens is 1. The molecule has 1 aromatic rings. The Labute approximate surface area is 156 Å². The van der Waals surface area contributed by atoms with Crippen molar-refractivity contribution < 1.29 is 5.11 Å². The van der Waals surface area contributed by atoms with E-state index in [0.29, 0.717) is 6.04 Å². The van der Waals surface area contributed by atoms with Crippen molar-refractivity contribution in [2.45, 2.75) is 45.7 Å². The highest BCUT2D eigenvalue weighted by Gasteiger charge is 2.26. The maximum absolute atomic E-state index is 9.44. The van der Waals surface area contributed by atoms with E-state index in [-0.39, 0.29) is 6.61 Å². The average Bonchev–Trinajstić information content (AvgIpc) is 3.25. The van der Waals surface area contributed by atoms with Crippen LogP contribution in [0.15, 0.2) is 17.8 Å². The molecule has 1 aromatic heterocycles. The summed E-state index contributed by atoms with van der Waals surface area (Å²) in [5.41, 5.74) is 1.37. The third-order valence-corrected chi connectivity index (χ3v) is 6.23. The zero-order chi connectivity index (χ0) is 17.6. The minimum Gasteiger partial charge on any atom is -0.396 e. The lowest BCUT2D eigenvalue weighted by Gasteiger charge is -2.41. The highest BCUT2D eigenvalue weighted by molar-refractivity contribution is 7.15. The Morgan fingerprint density at radius 3 is 2.80 bits per heavy atom. The van der Waals surface area contributed by atoms with Crippen LogP contribution in [0.25, 0.3) is 0 Å². The molecule has 2 fully saturated rings. The van der Waals surface area contributed by atoms with Crippen molar-refractivity contribution in [3.63, 3.8) is 0 Å². The van der Waals surface area contributed by atoms with Crippen molar-refractivity contribution in [3.05, 3.63) is 22.7 Å². The number of hydrogen-bond acceptors (Lipinski definition) is 6. The van der Waals surface area contributed by atoms with Gasteiger partial charge in [-0.2, -0.15) is 0 Å². The van der Waals surface area contributed by atoms with Gasteiger partial charge in [-0.3, -0.25) is 9.80 Å². The molecule has 25 heavy (non-hydrogen) atoms. The molecule has 0 unspecified atom stereocenters. The number of aliphatic hydroxyl groups is 1. The largest absolute Gasteiger partial charge is 0.396 e. The summed E-state index contributed by atoms with van der Waals surface area (Å²) >= 11 is 1.85. The van der Waals surface area contributed by atoms with Gasteiger partial charge < -0.3 is 10.0 Å². The van der Waals surface area contributed by atoms with Crippen LogP contribution in [-0.4, -0.2) is 71.8 Å². The van der Waals surface area contributed by atoms with Crippen LogP contribution in [-0.2, 0) is 6.54 Å². The Balaban J connectivity index is 1.55. The number of nitrogens with zero attached hydrogens (tertiary/aromatic N) is 4. The Morgan fingerprint density at radius 2 is 2.08 bits per heavy atom. The molecule has 1 atom stereocenters. The van der Waals surface area contributed by atoms with Gasteiger partial charge >= 0.3 is 0 Å². The molecule has 2 saturated heterocycles. The molecule has 0 saturated carbocycles. The molecule has 3 rings (SSSR count). The van der Waals surface area contributed by atoms with E-state index in [1.807, 2.05) is 11.3 Å². The first-order chi connectivity index (χ1) is 12.2. The van der Waals surface area contributed by atoms with Gasteiger partial charge in [-0.05, 0) is 33.1 Å². The van der Waals surface area contributed by atoms with E-state index in [9.17, 15) is 5.11 Å². The van der Waals surface area contributed by atoms with Gasteiger partial charge in [-0.15, -0.1) is 11.3 Å². The number of rotatable bonds is 7. The first-order valence-electron chi connectivity index (χ1n) is 9.56. The Morgan fingerprint density at radius 1 is 1.28 bits per heavy atom. The monoisotopic (exact) mass is 364 g/mol. The third-order valence-electron chi connectivity index (χ3n) is 5.18. The normalized spacial score (nSPS) is 22.5. The third kappa shape index (κ3) is 5.26. The number of piperazine rings is 1. The first kappa shape index (κ1) is 18.8. The van der Waals surface area contributed by atoms with Crippen molar-refractivity contribution in [1.82, 2.24) is 14.8 Å². The van der Waals surface area contributed by atoms with Crippen molar-refractivity contribution in [3.8, 4) is 0 Å². The number of hydrogen-bond donors (Lipinski definition) is 1. The van der Waals surface area contributed by atoms with Gasteiger partial charge in [-0.1, -0.05) is 11.6 Å². The van der Waals surface area contributed by atoms with Crippen molar-refractivity contribution in [2.75, 3.05) is 50.8 Å². The van der Waals surface area contributed by atoms with Crippen LogP contribution < -0.4 is 4.90 Å². The number of anilines is 1. The molecule has 3 heterocycles. The Bertz CT molecular complexity index is 564. The molecule has 140 valence electrons. The van der Waals surface area contributed by atoms with Gasteiger partial charge in [0, 0.05) is 69.5 Å². The van der Waals surface area contributed by atoms with Crippen LogP contribution in [0.2, 0.25) is 0 Å². The van der Waals surface area contributed by atoms with Crippen LogP contribution in [0.4, 0.5) is 5.13 Å². The quantitative estimate of drug-likeness (QED) is 0.753. The van der Waals surface area contributed by atoms with Gasteiger partial charge in [0.2, 0.25) is 0 Å². The lowest BCUT2D eigenvalue weighted by atomic mass is 10.1. The molecule has 0 spiro atoms. The second kappa shape index (κ2) is 9.12. The topological polar surface area (TPSA) is 42.8 Å². The SMILES string of the molecule is CC(C)=CCN1CCN(Cc2cnc(N3CCCC3)s2)C[C@@H]1CCO. The van der Waals surface area contributed by atoms with Crippen molar-refractivity contribution in [2.24, 2.45) is 0 Å². The van der Waals surface area contributed by atoms with E-state index < -0.39 is 0 Å². The predicted octanol–water partition coefficient (Wildman–Crippen LogP) is 2.58. The van der Waals surface area contributed by atoms with Gasteiger partial charge in [-0.25, -0.2) is 4.98 Å². The molecule has 0 aromatic carbocycles. The van der Waals surface area contributed by atoms with Crippen molar-refractivity contribution >= 4 is 16.5 Å². The molecule has 5 nitrogen and oxygen atoms in total. The van der Waals surface area contributed by atoms with Gasteiger partial charge in [0.25, 0.3) is 0 Å². The predicted molar refractivity (Wildman–Crippen MR) is 105 cm³/mol. The zero-order valence-corrected chi connectivity index (χ0v) is 16.5. The fourth-order valence-corrected chi connectivity index (χ4v) is 4.71. The minimum absolute atomic E-state index is 0.267. The Kier molecular flexibility index (Phi) is 6.87. The van der Waals surface area contributed by atoms with E-state index in [1.54, 1.807) is 0 Å². The Hall–Kier alpha value is -0.950. The van der Waals surface area contributed by atoms with Crippen LogP contribution in [0, 0.1) is 0 Å². The molecule has 2 aliphatic rings. The summed E-state index contributed by atoms with van der Waals surface area (Å²) in [6.45, 7) is 12.1. The molecule has 0 aliphatic carbocycles. The van der Waals surface area contributed by atoms with E-state index >= 15 is 0 Å². The number of allylic oxidation sites excluding steroid dienone is 1. The molecule has 0 bridgehead atoms. The van der Waals surface area contributed by atoms with Gasteiger partial charge in [0.05, 0.1) is 0 Å². The highest BCUT2D eigenvalue weighted by atomic mass is 32.1. The van der Waals surface area contributed by atoms with Gasteiger partial charge in [0.1, 0.15) is 0 Å². The molecule has 0 amide bonds. The summed E-state index contributed by atoms with van der Waals surface area (Å²) in [6, 6.07) is 0.445. The van der Waals surface area contributed by atoms with E-state index in [0.717, 1.165) is 52.2 Å². The lowest BCUT2D eigenvalue weighted by Crippen LogP contribution is -2.52. The number of aliphatic hydroxyl groups excluding tert-OH is 1. The van der Waals surface area contributed by atoms with Crippen LogP contribution in [0.1, 0.15) is 38.0 Å². The first-order valence-corrected chi connectivity index (χ1v) is 10.4. The smallest absolute Gasteiger partial charge is 0.185 e. The average molecular weight is 365 g/mol. The summed E-state index contributed by atoms with van der Waals surface area (Å²) in [7, 11) is 0. The molecular formula is C19H32N4OS. The number of thiazole rings is 1. The second-order valence-electron chi connectivity index (χ2n) is 7.48. The van der Waals surface area contributed by atoms with Crippen molar-refractivity contribution in [1.29, 1.82) is 0 Å². The summed E-state index contributed by atoms with van der Waals surface area (Å²) in [6.07, 6.45) is 7.81. The molecule has 0 radical (unpaired) electrons. The summed E-state index contributed by atoms with van der Waals surface area (Å²) in [5.74, 6) is 0. The summed E-state index contributed by atoms with van der Waals surface area (Å²) < 4.78 is 0. The molecular weight excluding hydrogens is 332 g/mol. The maximum Gasteiger partial charge on any atom is 0.185 e.